The standard InChI is InChI=1S/C18H12N2O/c21-11-15-10-20-18-6-5-12(8-16(15)18)14-7-13-3-1-2-4-17(13)19-9-14/h1-11,20H. The maximum atomic E-state index is 11.1. The number of nitrogens with one attached hydrogen (secondary N) is 1. The number of para-hydroxylation sites is 1. The molecule has 0 fully saturated rings. The van der Waals surface area contributed by atoms with E-state index in [0.717, 1.165) is 39.2 Å². The Labute approximate surface area is 121 Å². The summed E-state index contributed by atoms with van der Waals surface area (Å²) in [7, 11) is 0. The van der Waals surface area contributed by atoms with Crippen LogP contribution in [0.4, 0.5) is 0 Å². The fourth-order valence-electron chi connectivity index (χ4n) is 2.65. The smallest absolute Gasteiger partial charge is 0.152 e. The maximum absolute atomic E-state index is 11.1. The number of pyridine rings is 1. The second kappa shape index (κ2) is 4.56. The summed E-state index contributed by atoms with van der Waals surface area (Å²) in [5, 5.41) is 2.05. The van der Waals surface area contributed by atoms with Crippen LogP contribution in [0.1, 0.15) is 10.4 Å². The Morgan fingerprint density at radius 1 is 1.00 bits per heavy atom. The van der Waals surface area contributed by atoms with Crippen molar-refractivity contribution in [2.24, 2.45) is 0 Å². The van der Waals surface area contributed by atoms with E-state index < -0.39 is 0 Å². The lowest BCUT2D eigenvalue weighted by Crippen LogP contribution is -1.83. The van der Waals surface area contributed by atoms with Gasteiger partial charge in [0.05, 0.1) is 5.52 Å². The van der Waals surface area contributed by atoms with E-state index in [0.29, 0.717) is 5.56 Å². The summed E-state index contributed by atoms with van der Waals surface area (Å²) in [6, 6.07) is 16.2. The SMILES string of the molecule is O=Cc1c[nH]c2ccc(-c3cnc4ccccc4c3)cc12. The van der Waals surface area contributed by atoms with Crippen molar-refractivity contribution in [1.82, 2.24) is 9.97 Å². The highest BCUT2D eigenvalue weighted by Gasteiger charge is 2.06. The van der Waals surface area contributed by atoms with Crippen LogP contribution in [0.3, 0.4) is 0 Å². The first kappa shape index (κ1) is 11.9. The van der Waals surface area contributed by atoms with Crippen molar-refractivity contribution < 1.29 is 4.79 Å². The molecule has 0 bridgehead atoms. The highest BCUT2D eigenvalue weighted by Crippen LogP contribution is 2.27. The number of nitrogens with zero attached hydrogens (tertiary/aromatic N) is 1. The Hall–Kier alpha value is -2.94. The van der Waals surface area contributed by atoms with E-state index in [1.165, 1.54) is 0 Å². The first-order valence-electron chi connectivity index (χ1n) is 6.76. The van der Waals surface area contributed by atoms with Gasteiger partial charge in [-0.05, 0) is 29.8 Å². The molecular formula is C18H12N2O. The van der Waals surface area contributed by atoms with Gasteiger partial charge >= 0.3 is 0 Å². The molecule has 0 atom stereocenters. The van der Waals surface area contributed by atoms with E-state index in [2.05, 4.69) is 22.1 Å². The number of fused-ring (bicyclic) bond motifs is 2. The van der Waals surface area contributed by atoms with Gasteiger partial charge in [-0.15, -0.1) is 0 Å². The second-order valence-corrected chi connectivity index (χ2v) is 5.04. The average molecular weight is 272 g/mol. The summed E-state index contributed by atoms with van der Waals surface area (Å²) in [5.41, 5.74) is 4.74. The number of aromatic nitrogens is 2. The molecule has 2 heterocycles. The van der Waals surface area contributed by atoms with Gasteiger partial charge in [0.25, 0.3) is 0 Å². The molecule has 0 saturated carbocycles. The molecule has 4 aromatic rings. The molecule has 2 aromatic heterocycles. The van der Waals surface area contributed by atoms with Crippen molar-refractivity contribution in [2.75, 3.05) is 0 Å². The third-order valence-electron chi connectivity index (χ3n) is 3.76. The molecule has 0 amide bonds. The van der Waals surface area contributed by atoms with Crippen LogP contribution in [0.25, 0.3) is 32.9 Å². The number of carbonyl (C=O) groups is 1. The van der Waals surface area contributed by atoms with Crippen LogP contribution >= 0.6 is 0 Å². The largest absolute Gasteiger partial charge is 0.360 e. The first-order valence-corrected chi connectivity index (χ1v) is 6.76. The molecule has 0 aliphatic heterocycles. The quantitative estimate of drug-likeness (QED) is 0.556. The zero-order valence-corrected chi connectivity index (χ0v) is 11.2. The maximum Gasteiger partial charge on any atom is 0.152 e. The molecule has 0 saturated heterocycles. The zero-order valence-electron chi connectivity index (χ0n) is 11.2. The van der Waals surface area contributed by atoms with Crippen molar-refractivity contribution in [1.29, 1.82) is 0 Å². The van der Waals surface area contributed by atoms with E-state index in [4.69, 9.17) is 0 Å². The number of aldehydes is 1. The fourth-order valence-corrected chi connectivity index (χ4v) is 2.65. The summed E-state index contributed by atoms with van der Waals surface area (Å²) in [6.07, 6.45) is 4.48. The fraction of sp³-hybridized carbons (Fsp3) is 0. The Morgan fingerprint density at radius 3 is 2.81 bits per heavy atom. The first-order chi connectivity index (χ1) is 10.3. The highest BCUT2D eigenvalue weighted by atomic mass is 16.1. The van der Waals surface area contributed by atoms with Crippen LogP contribution in [-0.2, 0) is 0 Å². The molecule has 4 rings (SSSR count). The van der Waals surface area contributed by atoms with E-state index >= 15 is 0 Å². The van der Waals surface area contributed by atoms with Gasteiger partial charge < -0.3 is 4.98 Å². The van der Waals surface area contributed by atoms with Crippen LogP contribution in [0.5, 0.6) is 0 Å². The molecule has 0 aliphatic carbocycles. The van der Waals surface area contributed by atoms with Gasteiger partial charge in [-0.1, -0.05) is 24.3 Å². The monoisotopic (exact) mass is 272 g/mol. The third kappa shape index (κ3) is 1.91. The summed E-state index contributed by atoms with van der Waals surface area (Å²) in [6.45, 7) is 0. The highest BCUT2D eigenvalue weighted by molar-refractivity contribution is 5.99. The van der Waals surface area contributed by atoms with E-state index in [9.17, 15) is 4.79 Å². The van der Waals surface area contributed by atoms with Gasteiger partial charge in [0.2, 0.25) is 0 Å². The topological polar surface area (TPSA) is 45.8 Å². The molecule has 1 N–H and O–H groups in total. The van der Waals surface area contributed by atoms with E-state index in [1.807, 2.05) is 42.6 Å². The van der Waals surface area contributed by atoms with Gasteiger partial charge in [-0.25, -0.2) is 0 Å². The number of benzene rings is 2. The minimum atomic E-state index is 0.681. The summed E-state index contributed by atoms with van der Waals surface area (Å²) in [5.74, 6) is 0. The number of hydrogen-bond donors (Lipinski definition) is 1. The predicted octanol–water partition coefficient (Wildman–Crippen LogP) is 4.20. The van der Waals surface area contributed by atoms with Gasteiger partial charge in [0, 0.05) is 39.8 Å². The number of hydrogen-bond acceptors (Lipinski definition) is 2. The molecule has 21 heavy (non-hydrogen) atoms. The number of H-pyrrole nitrogens is 1. The van der Waals surface area contributed by atoms with Crippen LogP contribution in [-0.4, -0.2) is 16.3 Å². The molecule has 3 heteroatoms. The lowest BCUT2D eigenvalue weighted by molar-refractivity contribution is 0.112. The molecule has 0 spiro atoms. The van der Waals surface area contributed by atoms with Gasteiger partial charge in [0.1, 0.15) is 0 Å². The Kier molecular flexibility index (Phi) is 2.57. The van der Waals surface area contributed by atoms with Crippen molar-refractivity contribution in [3.8, 4) is 11.1 Å². The van der Waals surface area contributed by atoms with Crippen LogP contribution in [0.15, 0.2) is 60.9 Å². The lowest BCUT2D eigenvalue weighted by atomic mass is 10.0. The minimum Gasteiger partial charge on any atom is -0.360 e. The molecule has 2 aromatic carbocycles. The number of rotatable bonds is 2. The lowest BCUT2D eigenvalue weighted by Gasteiger charge is -2.04. The van der Waals surface area contributed by atoms with E-state index in [1.54, 1.807) is 6.20 Å². The Balaban J connectivity index is 1.92. The summed E-state index contributed by atoms with van der Waals surface area (Å²) < 4.78 is 0. The summed E-state index contributed by atoms with van der Waals surface area (Å²) >= 11 is 0. The Morgan fingerprint density at radius 2 is 1.90 bits per heavy atom. The van der Waals surface area contributed by atoms with Gasteiger partial charge in [-0.2, -0.15) is 0 Å². The molecular weight excluding hydrogens is 260 g/mol. The van der Waals surface area contributed by atoms with Crippen LogP contribution < -0.4 is 0 Å². The summed E-state index contributed by atoms with van der Waals surface area (Å²) in [4.78, 5) is 18.7. The van der Waals surface area contributed by atoms with Gasteiger partial charge in [0.15, 0.2) is 6.29 Å². The minimum absolute atomic E-state index is 0.681. The zero-order chi connectivity index (χ0) is 14.2. The average Bonchev–Trinajstić information content (AvgIpc) is 2.96. The Bertz CT molecular complexity index is 969. The molecule has 100 valence electrons. The molecule has 0 unspecified atom stereocenters. The predicted molar refractivity (Wildman–Crippen MR) is 84.4 cm³/mol. The second-order valence-electron chi connectivity index (χ2n) is 5.04. The van der Waals surface area contributed by atoms with Crippen molar-refractivity contribution in [2.45, 2.75) is 0 Å². The van der Waals surface area contributed by atoms with Crippen LogP contribution in [0, 0.1) is 0 Å². The number of carbonyl (C=O) groups excluding carboxylic acids is 1. The molecule has 3 nitrogen and oxygen atoms in total. The normalized spacial score (nSPS) is 11.0. The third-order valence-corrected chi connectivity index (χ3v) is 3.76. The van der Waals surface area contributed by atoms with Crippen molar-refractivity contribution >= 4 is 28.1 Å². The van der Waals surface area contributed by atoms with Crippen LogP contribution in [0.2, 0.25) is 0 Å². The number of aromatic amines is 1. The molecule has 0 aliphatic rings. The van der Waals surface area contributed by atoms with E-state index in [-0.39, 0.29) is 0 Å². The molecule has 0 radical (unpaired) electrons. The van der Waals surface area contributed by atoms with Crippen molar-refractivity contribution in [3.05, 3.63) is 66.5 Å². The van der Waals surface area contributed by atoms with Gasteiger partial charge in [-0.3, -0.25) is 9.78 Å². The van der Waals surface area contributed by atoms with Crippen molar-refractivity contribution in [3.63, 3.8) is 0 Å².